The van der Waals surface area contributed by atoms with Crippen LogP contribution in [0.15, 0.2) is 16.7 Å². The summed E-state index contributed by atoms with van der Waals surface area (Å²) >= 11 is 3.38. The van der Waals surface area contributed by atoms with Gasteiger partial charge in [-0.3, -0.25) is 10.1 Å². The summed E-state index contributed by atoms with van der Waals surface area (Å²) in [5.74, 6) is 1.19. The molecule has 1 aromatic heterocycles. The van der Waals surface area contributed by atoms with Gasteiger partial charge in [-0.15, -0.1) is 0 Å². The fraction of sp³-hybridized carbons (Fsp3) is 0.615. The Hall–Kier alpha value is -1.21. The minimum atomic E-state index is -0.440. The van der Waals surface area contributed by atoms with Crippen molar-refractivity contribution in [2.75, 3.05) is 18.5 Å². The van der Waals surface area contributed by atoms with Crippen molar-refractivity contribution in [3.05, 3.63) is 26.9 Å². The van der Waals surface area contributed by atoms with Crippen LogP contribution in [0.5, 0.6) is 0 Å². The van der Waals surface area contributed by atoms with E-state index in [9.17, 15) is 10.1 Å². The van der Waals surface area contributed by atoms with Crippen molar-refractivity contribution in [2.45, 2.75) is 31.7 Å². The standard InChI is InChI=1S/C13H19BrN4O2/c1-17(12-5-3-2-4-9(12)7-15)13-11(14)6-10(8-16-13)18(19)20/h6,8-9,12H,2-5,7,15H2,1H3. The maximum absolute atomic E-state index is 10.7. The van der Waals surface area contributed by atoms with Gasteiger partial charge >= 0.3 is 0 Å². The molecular formula is C13H19BrN4O2. The first-order chi connectivity index (χ1) is 9.54. The highest BCUT2D eigenvalue weighted by Gasteiger charge is 2.29. The van der Waals surface area contributed by atoms with Gasteiger partial charge in [-0.2, -0.15) is 0 Å². The summed E-state index contributed by atoms with van der Waals surface area (Å²) in [6.45, 7) is 0.666. The summed E-state index contributed by atoms with van der Waals surface area (Å²) in [4.78, 5) is 16.7. The van der Waals surface area contributed by atoms with Crippen molar-refractivity contribution in [1.29, 1.82) is 0 Å². The minimum Gasteiger partial charge on any atom is -0.355 e. The van der Waals surface area contributed by atoms with Crippen molar-refractivity contribution in [3.8, 4) is 0 Å². The molecule has 2 atom stereocenters. The van der Waals surface area contributed by atoms with Gasteiger partial charge in [0.05, 0.1) is 9.40 Å². The topological polar surface area (TPSA) is 85.3 Å². The van der Waals surface area contributed by atoms with Crippen molar-refractivity contribution >= 4 is 27.4 Å². The molecule has 110 valence electrons. The normalized spacial score (nSPS) is 22.6. The SMILES string of the molecule is CN(c1ncc([N+](=O)[O-])cc1Br)C1CCCCC1CN. The second-order valence-electron chi connectivity index (χ2n) is 5.21. The van der Waals surface area contributed by atoms with Crippen LogP contribution in [0.1, 0.15) is 25.7 Å². The smallest absolute Gasteiger partial charge is 0.288 e. The Balaban J connectivity index is 2.23. The molecule has 0 radical (unpaired) electrons. The molecule has 2 N–H and O–H groups in total. The number of hydrogen-bond donors (Lipinski definition) is 1. The number of pyridine rings is 1. The summed E-state index contributed by atoms with van der Waals surface area (Å²) in [7, 11) is 1.98. The number of anilines is 1. The van der Waals surface area contributed by atoms with Crippen LogP contribution in [0, 0.1) is 16.0 Å². The lowest BCUT2D eigenvalue weighted by Gasteiger charge is -2.38. The Morgan fingerprint density at radius 3 is 2.85 bits per heavy atom. The predicted molar refractivity (Wildman–Crippen MR) is 81.8 cm³/mol. The van der Waals surface area contributed by atoms with Gasteiger partial charge in [-0.05, 0) is 41.2 Å². The zero-order valence-corrected chi connectivity index (χ0v) is 13.0. The van der Waals surface area contributed by atoms with Crippen LogP contribution < -0.4 is 10.6 Å². The number of aromatic nitrogens is 1. The second kappa shape index (κ2) is 6.49. The molecule has 0 aromatic carbocycles. The van der Waals surface area contributed by atoms with Gasteiger partial charge in [0, 0.05) is 19.2 Å². The first-order valence-corrected chi connectivity index (χ1v) is 7.56. The van der Waals surface area contributed by atoms with E-state index in [2.05, 4.69) is 25.8 Å². The molecule has 2 rings (SSSR count). The number of nitrogens with two attached hydrogens (primary N) is 1. The summed E-state index contributed by atoms with van der Waals surface area (Å²) in [5, 5.41) is 10.7. The number of rotatable bonds is 4. The highest BCUT2D eigenvalue weighted by Crippen LogP contribution is 2.33. The van der Waals surface area contributed by atoms with Crippen LogP contribution in [0.4, 0.5) is 11.5 Å². The minimum absolute atomic E-state index is 0.00644. The largest absolute Gasteiger partial charge is 0.355 e. The van der Waals surface area contributed by atoms with Gasteiger partial charge < -0.3 is 10.6 Å². The van der Waals surface area contributed by atoms with Crippen molar-refractivity contribution in [2.24, 2.45) is 11.7 Å². The maximum Gasteiger partial charge on any atom is 0.288 e. The number of nitrogens with zero attached hydrogens (tertiary/aromatic N) is 3. The number of halogens is 1. The van der Waals surface area contributed by atoms with Gasteiger partial charge in [0.15, 0.2) is 0 Å². The average Bonchev–Trinajstić information content (AvgIpc) is 2.46. The Morgan fingerprint density at radius 2 is 2.25 bits per heavy atom. The monoisotopic (exact) mass is 342 g/mol. The van der Waals surface area contributed by atoms with Gasteiger partial charge in [0.25, 0.3) is 5.69 Å². The van der Waals surface area contributed by atoms with Gasteiger partial charge in [-0.25, -0.2) is 4.98 Å². The molecule has 1 aliphatic rings. The summed E-state index contributed by atoms with van der Waals surface area (Å²) in [6.07, 6.45) is 5.94. The van der Waals surface area contributed by atoms with Crippen LogP contribution in [0.3, 0.4) is 0 Å². The Kier molecular flexibility index (Phi) is 4.93. The molecular weight excluding hydrogens is 324 g/mol. The first kappa shape index (κ1) is 15.2. The van der Waals surface area contributed by atoms with Crippen LogP contribution in [0.2, 0.25) is 0 Å². The highest BCUT2D eigenvalue weighted by atomic mass is 79.9. The van der Waals surface area contributed by atoms with E-state index in [4.69, 9.17) is 5.73 Å². The zero-order valence-electron chi connectivity index (χ0n) is 11.5. The van der Waals surface area contributed by atoms with E-state index >= 15 is 0 Å². The molecule has 1 saturated carbocycles. The van der Waals surface area contributed by atoms with E-state index in [0.717, 1.165) is 18.7 Å². The average molecular weight is 343 g/mol. The molecule has 1 aliphatic carbocycles. The van der Waals surface area contributed by atoms with Gasteiger partial charge in [-0.1, -0.05) is 12.8 Å². The highest BCUT2D eigenvalue weighted by molar-refractivity contribution is 9.10. The summed E-state index contributed by atoms with van der Waals surface area (Å²) in [5.41, 5.74) is 5.86. The maximum atomic E-state index is 10.7. The Morgan fingerprint density at radius 1 is 1.55 bits per heavy atom. The molecule has 0 bridgehead atoms. The molecule has 0 aliphatic heterocycles. The third-order valence-electron chi connectivity index (χ3n) is 4.02. The third-order valence-corrected chi connectivity index (χ3v) is 4.60. The van der Waals surface area contributed by atoms with Crippen LogP contribution in [-0.2, 0) is 0 Å². The summed E-state index contributed by atoms with van der Waals surface area (Å²) < 4.78 is 0.649. The van der Waals surface area contributed by atoms with E-state index in [0.29, 0.717) is 23.0 Å². The van der Waals surface area contributed by atoms with Crippen LogP contribution in [0.25, 0.3) is 0 Å². The molecule has 2 unspecified atom stereocenters. The lowest BCUT2D eigenvalue weighted by molar-refractivity contribution is -0.385. The molecule has 0 spiro atoms. The molecule has 6 nitrogen and oxygen atoms in total. The lowest BCUT2D eigenvalue weighted by Crippen LogP contribution is -2.43. The zero-order chi connectivity index (χ0) is 14.7. The predicted octanol–water partition coefficient (Wildman–Crippen LogP) is 2.71. The quantitative estimate of drug-likeness (QED) is 0.671. The molecule has 0 amide bonds. The number of nitro groups is 1. The molecule has 1 fully saturated rings. The molecule has 1 heterocycles. The van der Waals surface area contributed by atoms with E-state index in [1.54, 1.807) is 0 Å². The van der Waals surface area contributed by atoms with Crippen molar-refractivity contribution in [3.63, 3.8) is 0 Å². The molecule has 1 aromatic rings. The van der Waals surface area contributed by atoms with Crippen molar-refractivity contribution in [1.82, 2.24) is 4.98 Å². The Bertz CT molecular complexity index is 497. The Labute approximate surface area is 126 Å². The number of hydrogen-bond acceptors (Lipinski definition) is 5. The third kappa shape index (κ3) is 3.09. The molecule has 0 saturated heterocycles. The second-order valence-corrected chi connectivity index (χ2v) is 6.07. The van der Waals surface area contributed by atoms with E-state index in [1.807, 2.05) is 7.05 Å². The molecule has 7 heteroatoms. The van der Waals surface area contributed by atoms with Crippen LogP contribution >= 0.6 is 15.9 Å². The van der Waals surface area contributed by atoms with Crippen molar-refractivity contribution < 1.29 is 4.92 Å². The fourth-order valence-electron chi connectivity index (χ4n) is 2.91. The van der Waals surface area contributed by atoms with E-state index in [-0.39, 0.29) is 5.69 Å². The van der Waals surface area contributed by atoms with E-state index in [1.165, 1.54) is 25.1 Å². The van der Waals surface area contributed by atoms with E-state index < -0.39 is 4.92 Å². The molecule has 20 heavy (non-hydrogen) atoms. The lowest BCUT2D eigenvalue weighted by atomic mass is 9.84. The van der Waals surface area contributed by atoms with Crippen LogP contribution in [-0.4, -0.2) is 29.5 Å². The fourth-order valence-corrected chi connectivity index (χ4v) is 3.53. The first-order valence-electron chi connectivity index (χ1n) is 6.77. The van der Waals surface area contributed by atoms with Gasteiger partial charge in [0.2, 0.25) is 0 Å². The summed E-state index contributed by atoms with van der Waals surface area (Å²) in [6, 6.07) is 1.85. The van der Waals surface area contributed by atoms with Gasteiger partial charge in [0.1, 0.15) is 12.0 Å².